The third kappa shape index (κ3) is 2.76. The predicted octanol–water partition coefficient (Wildman–Crippen LogP) is 3.16. The Kier molecular flexibility index (Phi) is 4.41. The zero-order valence-electron chi connectivity index (χ0n) is 11.0. The molecule has 0 bridgehead atoms. The minimum atomic E-state index is -0.194. The minimum Gasteiger partial charge on any atom is -0.311 e. The van der Waals surface area contributed by atoms with Crippen molar-refractivity contribution in [3.8, 4) is 0 Å². The summed E-state index contributed by atoms with van der Waals surface area (Å²) in [5.41, 5.74) is 1.28. The quantitative estimate of drug-likeness (QED) is 0.898. The molecule has 0 unspecified atom stereocenters. The fourth-order valence-electron chi connectivity index (χ4n) is 2.48. The van der Waals surface area contributed by atoms with E-state index in [9.17, 15) is 4.39 Å². The second kappa shape index (κ2) is 5.68. The fraction of sp³-hybridized carbons (Fsp3) is 0.571. The van der Waals surface area contributed by atoms with E-state index in [0.717, 1.165) is 12.1 Å². The Morgan fingerprint density at radius 2 is 2.11 bits per heavy atom. The van der Waals surface area contributed by atoms with Gasteiger partial charge in [-0.15, -0.1) is 0 Å². The topological polar surface area (TPSA) is 15.3 Å². The first-order valence-corrected chi connectivity index (χ1v) is 7.15. The maximum atomic E-state index is 13.4. The molecule has 0 atom stereocenters. The summed E-state index contributed by atoms with van der Waals surface area (Å²) in [6.07, 6.45) is 3.80. The Labute approximate surface area is 117 Å². The van der Waals surface area contributed by atoms with E-state index in [1.54, 1.807) is 6.07 Å². The molecule has 1 saturated carbocycles. The number of benzene rings is 1. The highest BCUT2D eigenvalue weighted by atomic mass is 79.9. The lowest BCUT2D eigenvalue weighted by atomic mass is 9.75. The molecule has 18 heavy (non-hydrogen) atoms. The van der Waals surface area contributed by atoms with Gasteiger partial charge >= 0.3 is 0 Å². The van der Waals surface area contributed by atoms with Gasteiger partial charge in [-0.3, -0.25) is 0 Å². The Morgan fingerprint density at radius 3 is 2.67 bits per heavy atom. The maximum Gasteiger partial charge on any atom is 0.137 e. The normalized spacial score (nSPS) is 17.8. The molecule has 1 fully saturated rings. The number of halogens is 2. The molecule has 2 rings (SSSR count). The molecule has 0 aliphatic heterocycles. The molecule has 0 aromatic heterocycles. The predicted molar refractivity (Wildman–Crippen MR) is 76.1 cm³/mol. The largest absolute Gasteiger partial charge is 0.311 e. The van der Waals surface area contributed by atoms with Crippen LogP contribution >= 0.6 is 15.9 Å². The standard InChI is InChI=1S/C14H20BrFN2/c1-18(2)14(7-4-8-14)10-17-9-11-5-3-6-12(16)13(11)15/h3,5-6,17H,4,7-10H2,1-2H3. The molecule has 0 spiro atoms. The van der Waals surface area contributed by atoms with Crippen LogP contribution in [0.2, 0.25) is 0 Å². The van der Waals surface area contributed by atoms with Crippen molar-refractivity contribution < 1.29 is 4.39 Å². The Bertz CT molecular complexity index is 416. The first kappa shape index (κ1) is 14.0. The molecule has 0 saturated heterocycles. The van der Waals surface area contributed by atoms with Crippen LogP contribution in [-0.2, 0) is 6.54 Å². The summed E-state index contributed by atoms with van der Waals surface area (Å²) < 4.78 is 13.9. The van der Waals surface area contributed by atoms with Gasteiger partial charge in [-0.2, -0.15) is 0 Å². The number of hydrogen-bond donors (Lipinski definition) is 1. The lowest BCUT2D eigenvalue weighted by Crippen LogP contribution is -2.56. The van der Waals surface area contributed by atoms with Gasteiger partial charge < -0.3 is 10.2 Å². The SMILES string of the molecule is CN(C)C1(CNCc2cccc(F)c2Br)CCC1. The number of likely N-dealkylation sites (N-methyl/N-ethyl adjacent to an activating group) is 1. The number of nitrogens with zero attached hydrogens (tertiary/aromatic N) is 1. The molecule has 1 aliphatic carbocycles. The van der Waals surface area contributed by atoms with Crippen LogP contribution in [0.15, 0.2) is 22.7 Å². The van der Waals surface area contributed by atoms with Crippen LogP contribution < -0.4 is 5.32 Å². The van der Waals surface area contributed by atoms with Gasteiger partial charge in [-0.1, -0.05) is 12.1 Å². The molecule has 1 aliphatic rings. The average Bonchev–Trinajstić information content (AvgIpc) is 2.27. The summed E-state index contributed by atoms with van der Waals surface area (Å²) in [6.45, 7) is 1.66. The zero-order valence-corrected chi connectivity index (χ0v) is 12.6. The monoisotopic (exact) mass is 314 g/mol. The zero-order chi connectivity index (χ0) is 13.2. The van der Waals surface area contributed by atoms with E-state index in [-0.39, 0.29) is 5.82 Å². The Morgan fingerprint density at radius 1 is 1.39 bits per heavy atom. The van der Waals surface area contributed by atoms with Crippen molar-refractivity contribution >= 4 is 15.9 Å². The molecule has 0 heterocycles. The van der Waals surface area contributed by atoms with Gasteiger partial charge in [0.2, 0.25) is 0 Å². The smallest absolute Gasteiger partial charge is 0.137 e. The van der Waals surface area contributed by atoms with E-state index in [1.807, 2.05) is 6.07 Å². The van der Waals surface area contributed by atoms with Gasteiger partial charge in [0.25, 0.3) is 0 Å². The summed E-state index contributed by atoms with van der Waals surface area (Å²) >= 11 is 3.30. The van der Waals surface area contributed by atoms with E-state index in [2.05, 4.69) is 40.2 Å². The molecule has 1 aromatic rings. The van der Waals surface area contributed by atoms with Crippen molar-refractivity contribution in [1.29, 1.82) is 0 Å². The van der Waals surface area contributed by atoms with E-state index in [4.69, 9.17) is 0 Å². The van der Waals surface area contributed by atoms with E-state index < -0.39 is 0 Å². The summed E-state index contributed by atoms with van der Waals surface area (Å²) in [7, 11) is 4.28. The third-order valence-electron chi connectivity index (χ3n) is 4.03. The molecule has 4 heteroatoms. The van der Waals surface area contributed by atoms with Gasteiger partial charge in [0.05, 0.1) is 4.47 Å². The second-order valence-electron chi connectivity index (χ2n) is 5.29. The van der Waals surface area contributed by atoms with Crippen molar-refractivity contribution in [3.63, 3.8) is 0 Å². The van der Waals surface area contributed by atoms with Gasteiger partial charge in [-0.05, 0) is 60.9 Å². The summed E-state index contributed by atoms with van der Waals surface area (Å²) in [5.74, 6) is -0.194. The number of nitrogens with one attached hydrogen (secondary N) is 1. The molecule has 100 valence electrons. The summed E-state index contributed by atoms with van der Waals surface area (Å²) in [4.78, 5) is 2.31. The number of hydrogen-bond acceptors (Lipinski definition) is 2. The molecular weight excluding hydrogens is 295 g/mol. The van der Waals surface area contributed by atoms with E-state index in [0.29, 0.717) is 16.6 Å². The highest BCUT2D eigenvalue weighted by Crippen LogP contribution is 2.35. The van der Waals surface area contributed by atoms with Crippen LogP contribution in [0.4, 0.5) is 4.39 Å². The fourth-order valence-corrected chi connectivity index (χ4v) is 2.89. The van der Waals surface area contributed by atoms with Gasteiger partial charge in [0, 0.05) is 18.6 Å². The number of rotatable bonds is 5. The van der Waals surface area contributed by atoms with Gasteiger partial charge in [0.1, 0.15) is 5.82 Å². The van der Waals surface area contributed by atoms with Crippen molar-refractivity contribution in [2.24, 2.45) is 0 Å². The van der Waals surface area contributed by atoms with E-state index in [1.165, 1.54) is 25.3 Å². The molecule has 1 N–H and O–H groups in total. The van der Waals surface area contributed by atoms with Crippen LogP contribution in [0.5, 0.6) is 0 Å². The summed E-state index contributed by atoms with van der Waals surface area (Å²) in [5, 5.41) is 3.46. The first-order valence-electron chi connectivity index (χ1n) is 6.36. The lowest BCUT2D eigenvalue weighted by molar-refractivity contribution is 0.0598. The van der Waals surface area contributed by atoms with Crippen LogP contribution in [0.1, 0.15) is 24.8 Å². The second-order valence-corrected chi connectivity index (χ2v) is 6.08. The molecule has 2 nitrogen and oxygen atoms in total. The molecule has 1 aromatic carbocycles. The molecule has 0 radical (unpaired) electrons. The van der Waals surface area contributed by atoms with Gasteiger partial charge in [0.15, 0.2) is 0 Å². The van der Waals surface area contributed by atoms with Crippen LogP contribution in [-0.4, -0.2) is 31.1 Å². The average molecular weight is 315 g/mol. The van der Waals surface area contributed by atoms with Crippen molar-refractivity contribution in [2.45, 2.75) is 31.3 Å². The third-order valence-corrected chi connectivity index (χ3v) is 4.92. The van der Waals surface area contributed by atoms with Crippen molar-refractivity contribution in [3.05, 3.63) is 34.1 Å². The lowest BCUT2D eigenvalue weighted by Gasteiger charge is -2.47. The van der Waals surface area contributed by atoms with Crippen molar-refractivity contribution in [1.82, 2.24) is 10.2 Å². The summed E-state index contributed by atoms with van der Waals surface area (Å²) in [6, 6.07) is 5.17. The molecule has 0 amide bonds. The van der Waals surface area contributed by atoms with Gasteiger partial charge in [-0.25, -0.2) is 4.39 Å². The van der Waals surface area contributed by atoms with Crippen LogP contribution in [0, 0.1) is 5.82 Å². The van der Waals surface area contributed by atoms with Crippen LogP contribution in [0.25, 0.3) is 0 Å². The Hall–Kier alpha value is -0.450. The Balaban J connectivity index is 1.90. The van der Waals surface area contributed by atoms with Crippen LogP contribution in [0.3, 0.4) is 0 Å². The highest BCUT2D eigenvalue weighted by molar-refractivity contribution is 9.10. The first-order chi connectivity index (χ1) is 8.55. The minimum absolute atomic E-state index is 0.194. The highest BCUT2D eigenvalue weighted by Gasteiger charge is 2.38. The maximum absolute atomic E-state index is 13.4. The van der Waals surface area contributed by atoms with E-state index >= 15 is 0 Å². The molecular formula is C14H20BrFN2. The van der Waals surface area contributed by atoms with Crippen molar-refractivity contribution in [2.75, 3.05) is 20.6 Å².